The van der Waals surface area contributed by atoms with E-state index in [0.717, 1.165) is 102 Å². The average Bonchev–Trinajstić information content (AvgIpc) is 2.35. The van der Waals surface area contributed by atoms with Crippen LogP contribution in [0.5, 0.6) is 0 Å². The number of unbranched alkanes of at least 4 members (excludes halogenated alkanes) is 45. The number of aliphatic hydroxyl groups is 1. The van der Waals surface area contributed by atoms with Gasteiger partial charge in [-0.2, -0.15) is 0 Å². The predicted octanol–water partition coefficient (Wildman–Crippen LogP) is 22.3. The fourth-order valence-electron chi connectivity index (χ4n) is 11.7. The number of phosphoric acid groups is 2. The third-order valence-electron chi connectivity index (χ3n) is 17.7. The molecule has 0 fully saturated rings. The highest BCUT2D eigenvalue weighted by molar-refractivity contribution is 7.47. The summed E-state index contributed by atoms with van der Waals surface area (Å²) < 4.78 is 68.5. The maximum Gasteiger partial charge on any atom is 0.472 e. The van der Waals surface area contributed by atoms with Crippen molar-refractivity contribution in [2.24, 2.45) is 11.8 Å². The van der Waals surface area contributed by atoms with Crippen molar-refractivity contribution in [3.8, 4) is 0 Å². The van der Waals surface area contributed by atoms with Gasteiger partial charge in [-0.05, 0) is 37.5 Å². The summed E-state index contributed by atoms with van der Waals surface area (Å²) in [5, 5.41) is 10.6. The van der Waals surface area contributed by atoms with Crippen molar-refractivity contribution in [2.45, 2.75) is 413 Å². The lowest BCUT2D eigenvalue weighted by Gasteiger charge is -2.21. The molecule has 95 heavy (non-hydrogen) atoms. The zero-order valence-corrected chi connectivity index (χ0v) is 63.8. The van der Waals surface area contributed by atoms with E-state index >= 15 is 0 Å². The van der Waals surface area contributed by atoms with Crippen molar-refractivity contribution in [2.75, 3.05) is 39.6 Å². The van der Waals surface area contributed by atoms with Gasteiger partial charge in [-0.3, -0.25) is 37.3 Å². The Hall–Kier alpha value is -1.94. The van der Waals surface area contributed by atoms with Crippen molar-refractivity contribution in [1.82, 2.24) is 0 Å². The standard InChI is InChI=1S/C76H148O17P2/c1-7-9-11-13-15-17-19-21-23-25-27-29-31-35-41-48-54-60-75(80)92-71(64-86-73(78)58-52-46-40-34-30-28-26-24-22-20-18-16-14-12-10-8-2)66-90-94(82,83)88-62-70(77)63-89-95(84,85)91-67-72(65-87-74(79)59-53-47-43-37-39-45-51-57-69(5)6)93-76(81)61-55-49-42-36-32-33-38-44-50-56-68(3)4/h68-72,77H,7-67H2,1-6H3,(H,82,83)(H,84,85)/t70-,71-,72-/m1/s1. The molecule has 0 aromatic carbocycles. The third-order valence-corrected chi connectivity index (χ3v) is 19.6. The van der Waals surface area contributed by atoms with Crippen LogP contribution in [-0.4, -0.2) is 96.7 Å². The van der Waals surface area contributed by atoms with Gasteiger partial charge in [-0.15, -0.1) is 0 Å². The number of esters is 4. The normalized spacial score (nSPS) is 14.0. The number of hydrogen-bond donors (Lipinski definition) is 3. The van der Waals surface area contributed by atoms with Gasteiger partial charge in [0.25, 0.3) is 0 Å². The summed E-state index contributed by atoms with van der Waals surface area (Å²) in [5.74, 6) is -0.675. The summed E-state index contributed by atoms with van der Waals surface area (Å²) in [5.41, 5.74) is 0. The van der Waals surface area contributed by atoms with E-state index in [2.05, 4.69) is 41.5 Å². The van der Waals surface area contributed by atoms with Gasteiger partial charge in [0.15, 0.2) is 12.2 Å². The first-order valence-corrected chi connectivity index (χ1v) is 42.5. The Labute approximate surface area is 581 Å². The Balaban J connectivity index is 5.24. The second-order valence-electron chi connectivity index (χ2n) is 28.3. The number of rotatable bonds is 75. The van der Waals surface area contributed by atoms with Gasteiger partial charge in [0.05, 0.1) is 26.4 Å². The van der Waals surface area contributed by atoms with Crippen molar-refractivity contribution in [1.29, 1.82) is 0 Å². The Morgan fingerprint density at radius 2 is 0.484 bits per heavy atom. The SMILES string of the molecule is CCCCCCCCCCCCCCCCCCCC(=O)O[C@H](COC(=O)CCCCCCCCCCCCCCCCCC)COP(=O)(O)OC[C@@H](O)COP(=O)(O)OC[C@@H](COC(=O)CCCCCCCCCC(C)C)OC(=O)CCCCCCCCCCCC(C)C. The van der Waals surface area contributed by atoms with Crippen molar-refractivity contribution in [3.05, 3.63) is 0 Å². The fraction of sp³-hybridized carbons (Fsp3) is 0.947. The minimum atomic E-state index is -4.96. The van der Waals surface area contributed by atoms with Gasteiger partial charge in [-0.1, -0.05) is 343 Å². The molecule has 19 heteroatoms. The Kier molecular flexibility index (Phi) is 66.5. The van der Waals surface area contributed by atoms with Crippen LogP contribution in [0.25, 0.3) is 0 Å². The first-order chi connectivity index (χ1) is 45.9. The van der Waals surface area contributed by atoms with E-state index in [9.17, 15) is 43.2 Å². The van der Waals surface area contributed by atoms with Gasteiger partial charge in [0, 0.05) is 25.7 Å². The van der Waals surface area contributed by atoms with E-state index in [1.807, 2.05) is 0 Å². The number of hydrogen-bond acceptors (Lipinski definition) is 15. The lowest BCUT2D eigenvalue weighted by molar-refractivity contribution is -0.161. The van der Waals surface area contributed by atoms with E-state index in [0.29, 0.717) is 31.6 Å². The van der Waals surface area contributed by atoms with Gasteiger partial charge < -0.3 is 33.8 Å². The smallest absolute Gasteiger partial charge is 0.462 e. The summed E-state index contributed by atoms with van der Waals surface area (Å²) in [7, 11) is -9.91. The van der Waals surface area contributed by atoms with Crippen LogP contribution < -0.4 is 0 Å². The molecule has 5 atom stereocenters. The number of carbonyl (C=O) groups excluding carboxylic acids is 4. The second-order valence-corrected chi connectivity index (χ2v) is 31.3. The highest BCUT2D eigenvalue weighted by Gasteiger charge is 2.30. The first kappa shape index (κ1) is 93.1. The second kappa shape index (κ2) is 67.9. The fourth-order valence-corrected chi connectivity index (χ4v) is 13.2. The molecule has 0 amide bonds. The van der Waals surface area contributed by atoms with E-state index in [-0.39, 0.29) is 25.7 Å². The number of phosphoric ester groups is 2. The summed E-state index contributed by atoms with van der Waals surface area (Å²) in [6.07, 6.45) is 55.6. The molecule has 0 heterocycles. The molecule has 2 unspecified atom stereocenters. The first-order valence-electron chi connectivity index (χ1n) is 39.5. The molecule has 17 nitrogen and oxygen atoms in total. The summed E-state index contributed by atoms with van der Waals surface area (Å²) in [4.78, 5) is 72.8. The highest BCUT2D eigenvalue weighted by atomic mass is 31.2. The quantitative estimate of drug-likeness (QED) is 0.0222. The Morgan fingerprint density at radius 3 is 0.716 bits per heavy atom. The van der Waals surface area contributed by atoms with Crippen LogP contribution in [0.15, 0.2) is 0 Å². The molecular formula is C76H148O17P2. The highest BCUT2D eigenvalue weighted by Crippen LogP contribution is 2.45. The molecule has 0 saturated carbocycles. The maximum atomic E-state index is 13.1. The zero-order chi connectivity index (χ0) is 70.0. The number of carbonyl (C=O) groups is 4. The molecule has 0 aliphatic heterocycles. The monoisotopic (exact) mass is 1400 g/mol. The summed E-state index contributed by atoms with van der Waals surface area (Å²) in [6.45, 7) is 9.52. The number of ether oxygens (including phenoxy) is 4. The molecule has 0 saturated heterocycles. The van der Waals surface area contributed by atoms with Crippen LogP contribution in [0, 0.1) is 11.8 Å². The minimum absolute atomic E-state index is 0.105. The van der Waals surface area contributed by atoms with Crippen LogP contribution in [-0.2, 0) is 65.4 Å². The Bertz CT molecular complexity index is 1840. The topological polar surface area (TPSA) is 237 Å². The molecule has 0 aromatic rings. The molecule has 0 aromatic heterocycles. The molecular weight excluding hydrogens is 1250 g/mol. The van der Waals surface area contributed by atoms with Crippen LogP contribution in [0.2, 0.25) is 0 Å². The third kappa shape index (κ3) is 70.3. The molecule has 0 rings (SSSR count). The molecule has 3 N–H and O–H groups in total. The van der Waals surface area contributed by atoms with Crippen LogP contribution in [0.1, 0.15) is 395 Å². The van der Waals surface area contributed by atoms with Crippen molar-refractivity contribution < 1.29 is 80.2 Å². The lowest BCUT2D eigenvalue weighted by atomic mass is 10.0. The van der Waals surface area contributed by atoms with Crippen LogP contribution in [0.3, 0.4) is 0 Å². The molecule has 0 radical (unpaired) electrons. The Morgan fingerprint density at radius 1 is 0.284 bits per heavy atom. The molecule has 0 aliphatic carbocycles. The number of aliphatic hydroxyl groups excluding tert-OH is 1. The van der Waals surface area contributed by atoms with Gasteiger partial charge in [0.2, 0.25) is 0 Å². The summed E-state index contributed by atoms with van der Waals surface area (Å²) >= 11 is 0. The summed E-state index contributed by atoms with van der Waals surface area (Å²) in [6, 6.07) is 0. The van der Waals surface area contributed by atoms with E-state index in [4.69, 9.17) is 37.0 Å². The average molecular weight is 1400 g/mol. The molecule has 0 spiro atoms. The predicted molar refractivity (Wildman–Crippen MR) is 386 cm³/mol. The van der Waals surface area contributed by atoms with Crippen molar-refractivity contribution in [3.63, 3.8) is 0 Å². The lowest BCUT2D eigenvalue weighted by Crippen LogP contribution is -2.30. The molecule has 0 aliphatic rings. The zero-order valence-electron chi connectivity index (χ0n) is 62.0. The van der Waals surface area contributed by atoms with Crippen molar-refractivity contribution >= 4 is 39.5 Å². The minimum Gasteiger partial charge on any atom is -0.462 e. The maximum absolute atomic E-state index is 13.1. The van der Waals surface area contributed by atoms with E-state index in [1.54, 1.807) is 0 Å². The van der Waals surface area contributed by atoms with Gasteiger partial charge in [0.1, 0.15) is 19.3 Å². The molecule has 0 bridgehead atoms. The van der Waals surface area contributed by atoms with E-state index in [1.165, 1.54) is 205 Å². The van der Waals surface area contributed by atoms with E-state index < -0.39 is 97.5 Å². The molecule has 564 valence electrons. The van der Waals surface area contributed by atoms with Crippen LogP contribution >= 0.6 is 15.6 Å². The largest absolute Gasteiger partial charge is 0.472 e. The van der Waals surface area contributed by atoms with Crippen LogP contribution in [0.4, 0.5) is 0 Å². The van der Waals surface area contributed by atoms with Gasteiger partial charge >= 0.3 is 39.5 Å². The van der Waals surface area contributed by atoms with Gasteiger partial charge in [-0.25, -0.2) is 9.13 Å².